The fourth-order valence-corrected chi connectivity index (χ4v) is 2.25. The number of alkyl halides is 3. The molecule has 0 aromatic heterocycles. The van der Waals surface area contributed by atoms with Crippen molar-refractivity contribution in [1.82, 2.24) is 0 Å². The van der Waals surface area contributed by atoms with Gasteiger partial charge in [0, 0.05) is 18.9 Å². The zero-order valence-electron chi connectivity index (χ0n) is 12.1. The molecule has 1 heterocycles. The van der Waals surface area contributed by atoms with Gasteiger partial charge in [-0.05, 0) is 43.0 Å². The molecule has 1 amide bonds. The van der Waals surface area contributed by atoms with E-state index in [1.54, 1.807) is 0 Å². The van der Waals surface area contributed by atoms with Gasteiger partial charge in [-0.15, -0.1) is 25.6 Å². The lowest BCUT2D eigenvalue weighted by molar-refractivity contribution is -0.274. The van der Waals surface area contributed by atoms with Crippen LogP contribution >= 0.6 is 12.4 Å². The van der Waals surface area contributed by atoms with E-state index in [2.05, 4.69) is 10.1 Å². The van der Waals surface area contributed by atoms with Crippen LogP contribution in [0.1, 0.15) is 12.8 Å². The molecule has 1 saturated heterocycles. The highest BCUT2D eigenvalue weighted by atomic mass is 35.5. The van der Waals surface area contributed by atoms with Crippen LogP contribution in [-0.2, 0) is 9.53 Å². The molecule has 1 aromatic rings. The van der Waals surface area contributed by atoms with Crippen LogP contribution in [0, 0.1) is 5.92 Å². The lowest BCUT2D eigenvalue weighted by Gasteiger charge is -2.26. The summed E-state index contributed by atoms with van der Waals surface area (Å²) in [4.78, 5) is 12.0. The number of nitrogens with two attached hydrogens (primary N) is 1. The van der Waals surface area contributed by atoms with Crippen molar-refractivity contribution in [2.45, 2.75) is 25.2 Å². The highest BCUT2D eigenvalue weighted by Crippen LogP contribution is 2.24. The highest BCUT2D eigenvalue weighted by molar-refractivity contribution is 5.94. The Morgan fingerprint density at radius 2 is 1.83 bits per heavy atom. The van der Waals surface area contributed by atoms with E-state index >= 15 is 0 Å². The van der Waals surface area contributed by atoms with E-state index in [-0.39, 0.29) is 30.0 Å². The largest absolute Gasteiger partial charge is 0.573 e. The Morgan fingerprint density at radius 3 is 2.35 bits per heavy atom. The Bertz CT molecular complexity index is 505. The van der Waals surface area contributed by atoms with Crippen molar-refractivity contribution in [1.29, 1.82) is 0 Å². The summed E-state index contributed by atoms with van der Waals surface area (Å²) in [5.74, 6) is -0.669. The topological polar surface area (TPSA) is 73.6 Å². The quantitative estimate of drug-likeness (QED) is 0.872. The molecule has 2 rings (SSSR count). The first-order chi connectivity index (χ1) is 10.3. The Hall–Kier alpha value is -1.51. The predicted molar refractivity (Wildman–Crippen MR) is 80.5 cm³/mol. The maximum absolute atomic E-state index is 12.0. The summed E-state index contributed by atoms with van der Waals surface area (Å²) in [5.41, 5.74) is 6.27. The van der Waals surface area contributed by atoms with Crippen LogP contribution in [-0.4, -0.2) is 31.5 Å². The zero-order chi connectivity index (χ0) is 16.2. The van der Waals surface area contributed by atoms with Gasteiger partial charge in [0.15, 0.2) is 0 Å². The van der Waals surface area contributed by atoms with Gasteiger partial charge in [-0.25, -0.2) is 0 Å². The van der Waals surface area contributed by atoms with Crippen LogP contribution < -0.4 is 15.8 Å². The van der Waals surface area contributed by atoms with Gasteiger partial charge in [-0.2, -0.15) is 0 Å². The Labute approximate surface area is 137 Å². The predicted octanol–water partition coefficient (Wildman–Crippen LogP) is 2.70. The highest BCUT2D eigenvalue weighted by Gasteiger charge is 2.31. The number of nitrogens with one attached hydrogen (secondary N) is 1. The minimum atomic E-state index is -4.74. The number of benzene rings is 1. The van der Waals surface area contributed by atoms with Crippen LogP contribution in [0.5, 0.6) is 5.75 Å². The van der Waals surface area contributed by atoms with Gasteiger partial charge < -0.3 is 20.5 Å². The van der Waals surface area contributed by atoms with Crippen LogP contribution in [0.2, 0.25) is 0 Å². The molecule has 1 aliphatic heterocycles. The maximum Gasteiger partial charge on any atom is 0.573 e. The van der Waals surface area contributed by atoms with Crippen LogP contribution in [0.25, 0.3) is 0 Å². The molecule has 1 unspecified atom stereocenters. The Kier molecular flexibility index (Phi) is 7.11. The zero-order valence-corrected chi connectivity index (χ0v) is 13.0. The minimum absolute atomic E-state index is 0. The van der Waals surface area contributed by atoms with Crippen LogP contribution in [0.4, 0.5) is 18.9 Å². The Balaban J connectivity index is 0.00000264. The van der Waals surface area contributed by atoms with Crippen LogP contribution in [0.15, 0.2) is 24.3 Å². The fourth-order valence-electron chi connectivity index (χ4n) is 2.25. The molecule has 0 radical (unpaired) electrons. The number of carbonyl (C=O) groups is 1. The lowest BCUT2D eigenvalue weighted by atomic mass is 9.92. The van der Waals surface area contributed by atoms with Crippen molar-refractivity contribution < 1.29 is 27.4 Å². The standard InChI is InChI=1S/C14H17F3N2O3.ClH/c15-14(16,17)22-11-3-1-10(2-4-11)19-13(20)12(18)9-5-7-21-8-6-9;/h1-4,9,12H,5-8,18H2,(H,19,20);1H. The van der Waals surface area contributed by atoms with Crippen molar-refractivity contribution in [3.63, 3.8) is 0 Å². The summed E-state index contributed by atoms with van der Waals surface area (Å²) in [6.45, 7) is 1.16. The van der Waals surface area contributed by atoms with E-state index in [0.29, 0.717) is 31.7 Å². The molecule has 1 aliphatic rings. The van der Waals surface area contributed by atoms with E-state index in [0.717, 1.165) is 12.1 Å². The van der Waals surface area contributed by atoms with Gasteiger partial charge in [0.05, 0.1) is 6.04 Å². The molecular weight excluding hydrogens is 337 g/mol. The summed E-state index contributed by atoms with van der Waals surface area (Å²) in [5, 5.41) is 2.59. The van der Waals surface area contributed by atoms with Gasteiger partial charge >= 0.3 is 6.36 Å². The summed E-state index contributed by atoms with van der Waals surface area (Å²) >= 11 is 0. The monoisotopic (exact) mass is 354 g/mol. The minimum Gasteiger partial charge on any atom is -0.406 e. The van der Waals surface area contributed by atoms with Crippen molar-refractivity contribution in [3.05, 3.63) is 24.3 Å². The van der Waals surface area contributed by atoms with Crippen LogP contribution in [0.3, 0.4) is 0 Å². The van der Waals surface area contributed by atoms with Gasteiger partial charge in [0.1, 0.15) is 5.75 Å². The van der Waals surface area contributed by atoms with E-state index in [9.17, 15) is 18.0 Å². The summed E-state index contributed by atoms with van der Waals surface area (Å²) in [6, 6.07) is 4.24. The smallest absolute Gasteiger partial charge is 0.406 e. The third-order valence-corrected chi connectivity index (χ3v) is 3.43. The second-order valence-corrected chi connectivity index (χ2v) is 5.04. The first-order valence-electron chi connectivity index (χ1n) is 6.85. The molecule has 5 nitrogen and oxygen atoms in total. The lowest BCUT2D eigenvalue weighted by Crippen LogP contribution is -2.43. The molecular formula is C14H18ClF3N2O3. The summed E-state index contributed by atoms with van der Waals surface area (Å²) < 4.78 is 45.1. The molecule has 0 bridgehead atoms. The maximum atomic E-state index is 12.0. The Morgan fingerprint density at radius 1 is 1.26 bits per heavy atom. The molecule has 0 aliphatic carbocycles. The van der Waals surface area contributed by atoms with Gasteiger partial charge in [-0.1, -0.05) is 0 Å². The second kappa shape index (κ2) is 8.37. The molecule has 0 spiro atoms. The first kappa shape index (κ1) is 19.5. The van der Waals surface area contributed by atoms with Gasteiger partial charge in [0.25, 0.3) is 0 Å². The number of hydrogen-bond donors (Lipinski definition) is 2. The molecule has 0 saturated carbocycles. The normalized spacial score (nSPS) is 17.0. The summed E-state index contributed by atoms with van der Waals surface area (Å²) in [7, 11) is 0. The number of hydrogen-bond acceptors (Lipinski definition) is 4. The number of anilines is 1. The number of ether oxygens (including phenoxy) is 2. The van der Waals surface area contributed by atoms with Gasteiger partial charge in [0.2, 0.25) is 5.91 Å². The van der Waals surface area contributed by atoms with Crippen molar-refractivity contribution in [2.75, 3.05) is 18.5 Å². The molecule has 1 fully saturated rings. The first-order valence-corrected chi connectivity index (χ1v) is 6.85. The van der Waals surface area contributed by atoms with E-state index < -0.39 is 12.4 Å². The molecule has 1 atom stereocenters. The number of amides is 1. The number of carbonyl (C=O) groups excluding carboxylic acids is 1. The second-order valence-electron chi connectivity index (χ2n) is 5.04. The van der Waals surface area contributed by atoms with E-state index in [1.165, 1.54) is 12.1 Å². The third kappa shape index (κ3) is 6.25. The molecule has 130 valence electrons. The van der Waals surface area contributed by atoms with Crippen molar-refractivity contribution >= 4 is 24.0 Å². The average Bonchev–Trinajstić information content (AvgIpc) is 2.48. The number of rotatable bonds is 4. The molecule has 9 heteroatoms. The van der Waals surface area contributed by atoms with Crippen molar-refractivity contribution in [2.24, 2.45) is 11.7 Å². The fraction of sp³-hybridized carbons (Fsp3) is 0.500. The molecule has 1 aromatic carbocycles. The third-order valence-electron chi connectivity index (χ3n) is 3.43. The van der Waals surface area contributed by atoms with Gasteiger partial charge in [-0.3, -0.25) is 4.79 Å². The number of halogens is 4. The average molecular weight is 355 g/mol. The SMILES string of the molecule is Cl.NC(C(=O)Nc1ccc(OC(F)(F)F)cc1)C1CCOCC1. The van der Waals surface area contributed by atoms with Crippen molar-refractivity contribution in [3.8, 4) is 5.75 Å². The molecule has 3 N–H and O–H groups in total. The van der Waals surface area contributed by atoms with E-state index in [4.69, 9.17) is 10.5 Å². The van der Waals surface area contributed by atoms with E-state index in [1.807, 2.05) is 0 Å². The summed E-state index contributed by atoms with van der Waals surface area (Å²) in [6.07, 6.45) is -3.31. The molecule has 23 heavy (non-hydrogen) atoms.